The molecule has 0 saturated heterocycles. The van der Waals surface area contributed by atoms with E-state index in [-0.39, 0.29) is 12.3 Å². The molecule has 1 atom stereocenters. The van der Waals surface area contributed by atoms with Crippen LogP contribution in [0.4, 0.5) is 0 Å². The standard InChI is InChI=1S/C21H22N2O5/c1-3-22-21(26)13(2)23-18(24)12-28-19(25)10-15-11-27-17-9-8-14-6-4-5-7-16(14)20(15)17/h4-9,11,13H,3,10,12H2,1-2H3,(H,22,26)(H,23,24)/t13-/m0/s1. The highest BCUT2D eigenvalue weighted by Crippen LogP contribution is 2.30. The van der Waals surface area contributed by atoms with E-state index in [1.54, 1.807) is 13.8 Å². The lowest BCUT2D eigenvalue weighted by Gasteiger charge is -2.13. The van der Waals surface area contributed by atoms with Gasteiger partial charge in [0.15, 0.2) is 6.61 Å². The summed E-state index contributed by atoms with van der Waals surface area (Å²) >= 11 is 0. The molecule has 3 aromatic rings. The third-order valence-electron chi connectivity index (χ3n) is 4.36. The molecule has 7 nitrogen and oxygen atoms in total. The summed E-state index contributed by atoms with van der Waals surface area (Å²) in [5, 5.41) is 7.99. The van der Waals surface area contributed by atoms with Crippen molar-refractivity contribution >= 4 is 39.5 Å². The van der Waals surface area contributed by atoms with Gasteiger partial charge in [-0.05, 0) is 30.7 Å². The molecule has 1 heterocycles. The van der Waals surface area contributed by atoms with Crippen molar-refractivity contribution in [2.75, 3.05) is 13.2 Å². The SMILES string of the molecule is CCNC(=O)[C@H](C)NC(=O)COC(=O)Cc1coc2ccc3ccccc3c12. The van der Waals surface area contributed by atoms with E-state index in [0.717, 1.165) is 16.2 Å². The van der Waals surface area contributed by atoms with Crippen LogP contribution in [0.1, 0.15) is 19.4 Å². The molecule has 3 rings (SSSR count). The molecule has 0 saturated carbocycles. The summed E-state index contributed by atoms with van der Waals surface area (Å²) in [7, 11) is 0. The fourth-order valence-corrected chi connectivity index (χ4v) is 3.03. The van der Waals surface area contributed by atoms with E-state index in [1.165, 1.54) is 6.26 Å². The number of esters is 1. The second-order valence-electron chi connectivity index (χ2n) is 6.44. The quantitative estimate of drug-likeness (QED) is 0.611. The summed E-state index contributed by atoms with van der Waals surface area (Å²) in [6.45, 7) is 3.38. The van der Waals surface area contributed by atoms with E-state index in [2.05, 4.69) is 10.6 Å². The largest absolute Gasteiger partial charge is 0.464 e. The summed E-state index contributed by atoms with van der Waals surface area (Å²) in [6, 6.07) is 11.0. The van der Waals surface area contributed by atoms with Crippen LogP contribution in [0.25, 0.3) is 21.7 Å². The van der Waals surface area contributed by atoms with Crippen molar-refractivity contribution in [3.05, 3.63) is 48.2 Å². The molecular weight excluding hydrogens is 360 g/mol. The van der Waals surface area contributed by atoms with Gasteiger partial charge in [-0.1, -0.05) is 30.3 Å². The topological polar surface area (TPSA) is 97.6 Å². The van der Waals surface area contributed by atoms with Gasteiger partial charge in [-0.15, -0.1) is 0 Å². The molecular formula is C21H22N2O5. The number of hydrogen-bond acceptors (Lipinski definition) is 5. The zero-order valence-corrected chi connectivity index (χ0v) is 15.8. The molecule has 2 amide bonds. The van der Waals surface area contributed by atoms with Crippen LogP contribution in [-0.2, 0) is 25.5 Å². The highest BCUT2D eigenvalue weighted by atomic mass is 16.5. The maximum absolute atomic E-state index is 12.2. The average Bonchev–Trinajstić information content (AvgIpc) is 3.10. The van der Waals surface area contributed by atoms with Crippen LogP contribution < -0.4 is 10.6 Å². The first-order chi connectivity index (χ1) is 13.5. The first kappa shape index (κ1) is 19.4. The number of furan rings is 1. The van der Waals surface area contributed by atoms with Crippen LogP contribution >= 0.6 is 0 Å². The van der Waals surface area contributed by atoms with Gasteiger partial charge in [-0.2, -0.15) is 0 Å². The van der Waals surface area contributed by atoms with Crippen LogP contribution in [0.3, 0.4) is 0 Å². The summed E-state index contributed by atoms with van der Waals surface area (Å²) < 4.78 is 10.6. The van der Waals surface area contributed by atoms with Crippen molar-refractivity contribution in [1.82, 2.24) is 10.6 Å². The van der Waals surface area contributed by atoms with E-state index in [4.69, 9.17) is 9.15 Å². The number of amides is 2. The molecule has 0 aliphatic rings. The van der Waals surface area contributed by atoms with E-state index in [9.17, 15) is 14.4 Å². The Morgan fingerprint density at radius 2 is 1.93 bits per heavy atom. The molecule has 0 spiro atoms. The minimum atomic E-state index is -0.699. The minimum absolute atomic E-state index is 0.0137. The second-order valence-corrected chi connectivity index (χ2v) is 6.44. The van der Waals surface area contributed by atoms with Gasteiger partial charge in [0, 0.05) is 17.5 Å². The van der Waals surface area contributed by atoms with Crippen molar-refractivity contribution in [2.24, 2.45) is 0 Å². The molecule has 0 fully saturated rings. The molecule has 28 heavy (non-hydrogen) atoms. The zero-order chi connectivity index (χ0) is 20.1. The number of carbonyl (C=O) groups excluding carboxylic acids is 3. The van der Waals surface area contributed by atoms with Gasteiger partial charge in [0.05, 0.1) is 12.7 Å². The Bertz CT molecular complexity index is 1020. The lowest BCUT2D eigenvalue weighted by molar-refractivity contribution is -0.148. The van der Waals surface area contributed by atoms with Crippen LogP contribution in [0, 0.1) is 0 Å². The summed E-state index contributed by atoms with van der Waals surface area (Å²) in [5.41, 5.74) is 1.39. The maximum Gasteiger partial charge on any atom is 0.310 e. The molecule has 0 bridgehead atoms. The smallest absolute Gasteiger partial charge is 0.310 e. The summed E-state index contributed by atoms with van der Waals surface area (Å²) in [6.07, 6.45) is 1.52. The highest BCUT2D eigenvalue weighted by molar-refractivity contribution is 6.08. The predicted molar refractivity (Wildman–Crippen MR) is 105 cm³/mol. The van der Waals surface area contributed by atoms with E-state index in [0.29, 0.717) is 17.7 Å². The minimum Gasteiger partial charge on any atom is -0.464 e. The number of hydrogen-bond donors (Lipinski definition) is 2. The Labute approximate surface area is 162 Å². The van der Waals surface area contributed by atoms with Gasteiger partial charge >= 0.3 is 5.97 Å². The number of ether oxygens (including phenoxy) is 1. The molecule has 0 aliphatic heterocycles. The van der Waals surface area contributed by atoms with Crippen molar-refractivity contribution in [3.8, 4) is 0 Å². The van der Waals surface area contributed by atoms with Crippen molar-refractivity contribution in [1.29, 1.82) is 0 Å². The van der Waals surface area contributed by atoms with Crippen molar-refractivity contribution in [2.45, 2.75) is 26.3 Å². The van der Waals surface area contributed by atoms with Gasteiger partial charge in [-0.3, -0.25) is 14.4 Å². The van der Waals surface area contributed by atoms with E-state index in [1.807, 2.05) is 36.4 Å². The monoisotopic (exact) mass is 382 g/mol. The molecule has 7 heteroatoms. The predicted octanol–water partition coefficient (Wildman–Crippen LogP) is 2.31. The number of carbonyl (C=O) groups is 3. The average molecular weight is 382 g/mol. The van der Waals surface area contributed by atoms with Crippen LogP contribution in [0.5, 0.6) is 0 Å². The third-order valence-corrected chi connectivity index (χ3v) is 4.36. The first-order valence-electron chi connectivity index (χ1n) is 9.10. The molecule has 1 aromatic heterocycles. The lowest BCUT2D eigenvalue weighted by atomic mass is 10.0. The summed E-state index contributed by atoms with van der Waals surface area (Å²) in [4.78, 5) is 35.7. The van der Waals surface area contributed by atoms with Gasteiger partial charge in [0.25, 0.3) is 5.91 Å². The molecule has 0 aliphatic carbocycles. The number of nitrogens with one attached hydrogen (secondary N) is 2. The molecule has 0 unspecified atom stereocenters. The Balaban J connectivity index is 1.62. The Morgan fingerprint density at radius 3 is 2.71 bits per heavy atom. The first-order valence-corrected chi connectivity index (χ1v) is 9.10. The zero-order valence-electron chi connectivity index (χ0n) is 15.8. The van der Waals surface area contributed by atoms with E-state index >= 15 is 0 Å². The Morgan fingerprint density at radius 1 is 1.14 bits per heavy atom. The number of fused-ring (bicyclic) bond motifs is 3. The normalized spacial score (nSPS) is 11.9. The fourth-order valence-electron chi connectivity index (χ4n) is 3.03. The van der Waals surface area contributed by atoms with Crippen LogP contribution in [0.2, 0.25) is 0 Å². The third kappa shape index (κ3) is 4.31. The fraction of sp³-hybridized carbons (Fsp3) is 0.286. The summed E-state index contributed by atoms with van der Waals surface area (Å²) in [5.74, 6) is -1.37. The van der Waals surface area contributed by atoms with Gasteiger partial charge < -0.3 is 19.8 Å². The molecule has 0 radical (unpaired) electrons. The molecule has 2 aromatic carbocycles. The second kappa shape index (κ2) is 8.56. The van der Waals surface area contributed by atoms with Crippen molar-refractivity contribution in [3.63, 3.8) is 0 Å². The number of benzene rings is 2. The van der Waals surface area contributed by atoms with Gasteiger partial charge in [0.2, 0.25) is 5.91 Å². The maximum atomic E-state index is 12.2. The van der Waals surface area contributed by atoms with E-state index < -0.39 is 24.5 Å². The van der Waals surface area contributed by atoms with Crippen molar-refractivity contribution < 1.29 is 23.5 Å². The molecule has 146 valence electrons. The number of rotatable bonds is 7. The Hall–Kier alpha value is -3.35. The van der Waals surface area contributed by atoms with Crippen LogP contribution in [0.15, 0.2) is 47.1 Å². The highest BCUT2D eigenvalue weighted by Gasteiger charge is 2.17. The van der Waals surface area contributed by atoms with Crippen LogP contribution in [-0.4, -0.2) is 37.0 Å². The molecule has 2 N–H and O–H groups in total. The van der Waals surface area contributed by atoms with Gasteiger partial charge in [0.1, 0.15) is 11.6 Å². The van der Waals surface area contributed by atoms with Gasteiger partial charge in [-0.25, -0.2) is 0 Å². The number of likely N-dealkylation sites (N-methyl/N-ethyl adjacent to an activating group) is 1. The lowest BCUT2D eigenvalue weighted by Crippen LogP contribution is -2.46. The Kier molecular flexibility index (Phi) is 5.93.